The third-order valence-electron chi connectivity index (χ3n) is 2.04. The van der Waals surface area contributed by atoms with Gasteiger partial charge in [-0.05, 0) is 0 Å². The van der Waals surface area contributed by atoms with Gasteiger partial charge in [-0.25, -0.2) is 0 Å². The van der Waals surface area contributed by atoms with Crippen LogP contribution in [0.4, 0.5) is 0 Å². The summed E-state index contributed by atoms with van der Waals surface area (Å²) in [5.74, 6) is 0. The van der Waals surface area contributed by atoms with Crippen LogP contribution in [-0.2, 0) is 4.74 Å². The van der Waals surface area contributed by atoms with E-state index in [1.165, 1.54) is 0 Å². The number of hydrogen-bond donors (Lipinski definition) is 3. The van der Waals surface area contributed by atoms with Crippen LogP contribution in [0.2, 0.25) is 0 Å². The lowest BCUT2D eigenvalue weighted by Gasteiger charge is -2.43. The number of aliphatic hydroxyl groups excluding tert-OH is 3. The minimum atomic E-state index is -4.79. The molecule has 84 valence electrons. The van der Waals surface area contributed by atoms with Crippen LogP contribution in [0.5, 0.6) is 0 Å². The van der Waals surface area contributed by atoms with Crippen LogP contribution in [0, 0.1) is 0 Å². The first kappa shape index (κ1) is 12.2. The predicted molar refractivity (Wildman–Crippen MR) is 39.5 cm³/mol. The Morgan fingerprint density at radius 1 is 1.07 bits per heavy atom. The van der Waals surface area contributed by atoms with Gasteiger partial charge in [-0.2, -0.15) is 7.94 Å². The summed E-state index contributed by atoms with van der Waals surface area (Å²) in [4.78, 5) is 31.1. The van der Waals surface area contributed by atoms with E-state index in [1.807, 2.05) is 0 Å². The monoisotopic (exact) mass is 226 g/mol. The van der Waals surface area contributed by atoms with Crippen molar-refractivity contribution in [3.63, 3.8) is 0 Å². The molecule has 8 heteroatoms. The molecule has 1 saturated heterocycles. The Balaban J connectivity index is 2.57. The number of aliphatic hydroxyl groups is 3. The third kappa shape index (κ3) is 2.82. The smallest absolute Gasteiger partial charge is 0.119 e. The molecule has 3 N–H and O–H groups in total. The van der Waals surface area contributed by atoms with Crippen LogP contribution in [0.25, 0.3) is 0 Å². The predicted octanol–water partition coefficient (Wildman–Crippen LogP) is -4.69. The lowest BCUT2D eigenvalue weighted by molar-refractivity contribution is -0.428. The van der Waals surface area contributed by atoms with Gasteiger partial charge in [0.05, 0.1) is 12.8 Å². The molecule has 7 nitrogen and oxygen atoms in total. The molecule has 0 amide bonds. The Kier molecular flexibility index (Phi) is 3.79. The summed E-state index contributed by atoms with van der Waals surface area (Å²) in [6, 6.07) is 0. The van der Waals surface area contributed by atoms with Gasteiger partial charge in [0.25, 0.3) is 0 Å². The van der Waals surface area contributed by atoms with Crippen molar-refractivity contribution in [3.05, 3.63) is 0 Å². The van der Waals surface area contributed by atoms with Crippen LogP contribution in [0.1, 0.15) is 0 Å². The molecular formula is C6H11O7P-2. The number of ether oxygens (including phenoxy) is 1. The topological polar surface area (TPSA) is 139 Å². The molecular weight excluding hydrogens is 215 g/mol. The molecule has 1 rings (SSSR count). The van der Waals surface area contributed by atoms with E-state index < -0.39 is 45.1 Å². The minimum Gasteiger partial charge on any atom is -0.688 e. The van der Waals surface area contributed by atoms with Gasteiger partial charge < -0.3 is 34.7 Å². The highest BCUT2D eigenvalue weighted by Crippen LogP contribution is 2.34. The molecule has 1 aliphatic rings. The lowest BCUT2D eigenvalue weighted by Crippen LogP contribution is -2.42. The van der Waals surface area contributed by atoms with Crippen LogP contribution in [-0.4, -0.2) is 52.5 Å². The molecule has 1 fully saturated rings. The quantitative estimate of drug-likeness (QED) is 0.411. The van der Waals surface area contributed by atoms with Gasteiger partial charge in [0.1, 0.15) is 24.4 Å². The Hall–Kier alpha value is 0.150. The summed E-state index contributed by atoms with van der Waals surface area (Å²) in [5.41, 5.74) is 0. The molecule has 4 atom stereocenters. The highest BCUT2D eigenvalue weighted by Gasteiger charge is 2.43. The van der Waals surface area contributed by atoms with Crippen LogP contribution in [0.15, 0.2) is 0 Å². The molecule has 0 radical (unpaired) electrons. The summed E-state index contributed by atoms with van der Waals surface area (Å²) in [6.45, 7) is -0.545. The first-order chi connectivity index (χ1) is 6.35. The maximum Gasteiger partial charge on any atom is 0.119 e. The van der Waals surface area contributed by atoms with Crippen LogP contribution >= 0.6 is 7.94 Å². The molecule has 0 aromatic heterocycles. The van der Waals surface area contributed by atoms with Crippen molar-refractivity contribution in [1.29, 1.82) is 0 Å². The normalized spacial score (nSPS) is 39.0. The van der Waals surface area contributed by atoms with E-state index in [0.29, 0.717) is 0 Å². The second-order valence-corrected chi connectivity index (χ2v) is 4.76. The molecule has 1 heterocycles. The number of rotatable bonds is 3. The Morgan fingerprint density at radius 2 is 1.57 bits per heavy atom. The molecule has 14 heavy (non-hydrogen) atoms. The van der Waals surface area contributed by atoms with Crippen molar-refractivity contribution >= 4 is 7.94 Å². The zero-order valence-electron chi connectivity index (χ0n) is 7.15. The highest BCUT2D eigenvalue weighted by molar-refractivity contribution is 7.54. The molecule has 0 bridgehead atoms. The summed E-state index contributed by atoms with van der Waals surface area (Å²) in [5, 5.41) is 27.1. The van der Waals surface area contributed by atoms with E-state index in [9.17, 15) is 24.9 Å². The molecule has 0 unspecified atom stereocenters. The van der Waals surface area contributed by atoms with Crippen molar-refractivity contribution in [2.45, 2.75) is 24.4 Å². The zero-order valence-corrected chi connectivity index (χ0v) is 8.04. The van der Waals surface area contributed by atoms with Gasteiger partial charge in [0.15, 0.2) is 0 Å². The van der Waals surface area contributed by atoms with E-state index in [-0.39, 0.29) is 0 Å². The first-order valence-electron chi connectivity index (χ1n) is 3.98. The van der Waals surface area contributed by atoms with Crippen molar-refractivity contribution in [2.75, 3.05) is 12.8 Å². The van der Waals surface area contributed by atoms with Gasteiger partial charge in [0, 0.05) is 0 Å². The van der Waals surface area contributed by atoms with Crippen molar-refractivity contribution < 1.29 is 34.7 Å². The van der Waals surface area contributed by atoms with E-state index in [1.54, 1.807) is 0 Å². The van der Waals surface area contributed by atoms with Crippen molar-refractivity contribution in [2.24, 2.45) is 0 Å². The molecule has 1 aliphatic heterocycles. The van der Waals surface area contributed by atoms with Crippen molar-refractivity contribution in [3.8, 4) is 0 Å². The summed E-state index contributed by atoms with van der Waals surface area (Å²) < 4.78 is 4.79. The highest BCUT2D eigenvalue weighted by atomic mass is 31.2. The van der Waals surface area contributed by atoms with Crippen LogP contribution in [0.3, 0.4) is 0 Å². The molecule has 0 aromatic carbocycles. The van der Waals surface area contributed by atoms with Gasteiger partial charge >= 0.3 is 0 Å². The second kappa shape index (κ2) is 4.34. The molecule has 0 spiro atoms. The van der Waals surface area contributed by atoms with Crippen molar-refractivity contribution in [1.82, 2.24) is 0 Å². The average Bonchev–Trinajstić information content (AvgIpc) is 2.30. The largest absolute Gasteiger partial charge is 0.688 e. The van der Waals surface area contributed by atoms with Gasteiger partial charge in [-0.1, -0.05) is 0 Å². The van der Waals surface area contributed by atoms with E-state index in [4.69, 9.17) is 9.84 Å². The van der Waals surface area contributed by atoms with E-state index in [2.05, 4.69) is 0 Å². The second-order valence-electron chi connectivity index (χ2n) is 3.17. The first-order valence-corrected chi connectivity index (χ1v) is 5.71. The maximum absolute atomic E-state index is 10.4. The molecule has 0 saturated carbocycles. The summed E-state index contributed by atoms with van der Waals surface area (Å²) in [6.07, 6.45) is -6.01. The van der Waals surface area contributed by atoms with E-state index >= 15 is 0 Å². The molecule has 0 aromatic rings. The summed E-state index contributed by atoms with van der Waals surface area (Å²) >= 11 is 0. The van der Waals surface area contributed by atoms with Gasteiger partial charge in [-0.3, -0.25) is 0 Å². The SMILES string of the molecule is [O-][P+]([O-])([O-])C[C@H]1O[C@H](CO)[C@@H](O)[C@H]1O. The van der Waals surface area contributed by atoms with Gasteiger partial charge in [0.2, 0.25) is 0 Å². The zero-order chi connectivity index (χ0) is 10.9. The summed E-state index contributed by atoms with van der Waals surface area (Å²) in [7, 11) is -4.79. The fourth-order valence-electron chi connectivity index (χ4n) is 1.35. The minimum absolute atomic E-state index is 0.545. The lowest BCUT2D eigenvalue weighted by atomic mass is 10.1. The Bertz CT molecular complexity index is 193. The van der Waals surface area contributed by atoms with Crippen LogP contribution < -0.4 is 14.7 Å². The number of hydrogen-bond acceptors (Lipinski definition) is 7. The average molecular weight is 226 g/mol. The van der Waals surface area contributed by atoms with E-state index in [0.717, 1.165) is 0 Å². The Labute approximate surface area is 80.8 Å². The Morgan fingerprint density at radius 3 is 1.93 bits per heavy atom. The van der Waals surface area contributed by atoms with Gasteiger partial charge in [-0.15, -0.1) is 0 Å². The fourth-order valence-corrected chi connectivity index (χ4v) is 2.09. The molecule has 0 aliphatic carbocycles. The maximum atomic E-state index is 10.4. The third-order valence-corrected chi connectivity index (χ3v) is 2.85. The fraction of sp³-hybridized carbons (Fsp3) is 1.00. The standard InChI is InChI=1S/C6H13O7P/c7-1-3-5(8)6(9)4(13-3)2-14(10,11)12/h3-9H,1-2H2,(H2,10,11,12)/p-2/t3-,4-,5-,6+/m1/s1.